The van der Waals surface area contributed by atoms with Gasteiger partial charge in [0.15, 0.2) is 5.65 Å². The van der Waals surface area contributed by atoms with Crippen LogP contribution in [0.1, 0.15) is 25.7 Å². The minimum absolute atomic E-state index is 0.280. The quantitative estimate of drug-likeness (QED) is 0.385. The number of H-pyrrole nitrogens is 1. The zero-order chi connectivity index (χ0) is 24.8. The first-order valence-electron chi connectivity index (χ1n) is 12.3. The molecule has 1 aliphatic heterocycles. The summed E-state index contributed by atoms with van der Waals surface area (Å²) in [6.07, 6.45) is 5.61. The van der Waals surface area contributed by atoms with Gasteiger partial charge in [-0.05, 0) is 46.0 Å². The number of rotatable bonds is 5. The molecule has 5 aromatic heterocycles. The minimum atomic E-state index is 0.280. The standard InChI is InChI=1S/C26H30N10/c1-16(2)36-17(3)30-22-6-5-21(32-25(22)36)19-14-28-24-20(19)15-29-26(33-24)31-18-7-8-27-23(13-18)35-11-9-34(4)10-12-35/h5-8,13-16H,9-12H2,1-4H3,(H2,27,28,29,31,33). The Kier molecular flexibility index (Phi) is 5.52. The second-order valence-corrected chi connectivity index (χ2v) is 9.64. The van der Waals surface area contributed by atoms with Crippen LogP contribution >= 0.6 is 0 Å². The van der Waals surface area contributed by atoms with Gasteiger partial charge in [0, 0.05) is 73.5 Å². The maximum Gasteiger partial charge on any atom is 0.229 e. The Hall–Kier alpha value is -4.05. The largest absolute Gasteiger partial charge is 0.354 e. The molecule has 0 radical (unpaired) electrons. The molecule has 5 aromatic rings. The highest BCUT2D eigenvalue weighted by atomic mass is 15.3. The number of aryl methyl sites for hydroxylation is 1. The van der Waals surface area contributed by atoms with E-state index in [-0.39, 0.29) is 6.04 Å². The molecule has 1 saturated heterocycles. The number of hydrogen-bond donors (Lipinski definition) is 2. The van der Waals surface area contributed by atoms with Crippen LogP contribution in [-0.2, 0) is 0 Å². The highest BCUT2D eigenvalue weighted by Crippen LogP contribution is 2.29. The first-order valence-corrected chi connectivity index (χ1v) is 12.3. The fraction of sp³-hybridized carbons (Fsp3) is 0.346. The van der Waals surface area contributed by atoms with Gasteiger partial charge in [0.05, 0.1) is 5.69 Å². The van der Waals surface area contributed by atoms with Crippen LogP contribution in [0.25, 0.3) is 33.5 Å². The molecular weight excluding hydrogens is 452 g/mol. The monoisotopic (exact) mass is 482 g/mol. The van der Waals surface area contributed by atoms with Crippen LogP contribution < -0.4 is 10.2 Å². The molecule has 6 heterocycles. The van der Waals surface area contributed by atoms with Crippen LogP contribution in [0.3, 0.4) is 0 Å². The number of hydrogen-bond acceptors (Lipinski definition) is 8. The maximum atomic E-state index is 4.95. The third-order valence-electron chi connectivity index (χ3n) is 6.77. The zero-order valence-electron chi connectivity index (χ0n) is 21.0. The molecule has 0 spiro atoms. The first-order chi connectivity index (χ1) is 17.5. The van der Waals surface area contributed by atoms with Gasteiger partial charge >= 0.3 is 0 Å². The van der Waals surface area contributed by atoms with Gasteiger partial charge in [0.2, 0.25) is 5.95 Å². The van der Waals surface area contributed by atoms with E-state index in [0.29, 0.717) is 5.95 Å². The van der Waals surface area contributed by atoms with Crippen molar-refractivity contribution in [1.82, 2.24) is 39.4 Å². The number of likely N-dealkylation sites (N-methyl/N-ethyl adjacent to an activating group) is 1. The number of nitrogens with one attached hydrogen (secondary N) is 2. The Balaban J connectivity index is 1.27. The minimum Gasteiger partial charge on any atom is -0.354 e. The van der Waals surface area contributed by atoms with Gasteiger partial charge in [-0.2, -0.15) is 4.98 Å². The molecule has 36 heavy (non-hydrogen) atoms. The molecule has 1 fully saturated rings. The Morgan fingerprint density at radius 3 is 2.64 bits per heavy atom. The number of imidazole rings is 1. The third-order valence-corrected chi connectivity index (χ3v) is 6.77. The van der Waals surface area contributed by atoms with E-state index in [1.54, 1.807) is 0 Å². The van der Waals surface area contributed by atoms with Crippen molar-refractivity contribution in [2.75, 3.05) is 43.4 Å². The number of aromatic amines is 1. The summed E-state index contributed by atoms with van der Waals surface area (Å²) in [4.78, 5) is 31.4. The van der Waals surface area contributed by atoms with Crippen LogP contribution in [0.2, 0.25) is 0 Å². The number of pyridine rings is 2. The Morgan fingerprint density at radius 2 is 1.83 bits per heavy atom. The normalized spacial score (nSPS) is 14.9. The lowest BCUT2D eigenvalue weighted by atomic mass is 10.1. The van der Waals surface area contributed by atoms with Crippen molar-refractivity contribution in [3.63, 3.8) is 0 Å². The molecule has 2 N–H and O–H groups in total. The fourth-order valence-corrected chi connectivity index (χ4v) is 4.87. The van der Waals surface area contributed by atoms with Crippen molar-refractivity contribution in [3.05, 3.63) is 48.7 Å². The first kappa shape index (κ1) is 22.4. The molecule has 1 aliphatic rings. The van der Waals surface area contributed by atoms with Gasteiger partial charge in [-0.15, -0.1) is 0 Å². The maximum absolute atomic E-state index is 4.95. The van der Waals surface area contributed by atoms with Crippen LogP contribution in [0, 0.1) is 6.92 Å². The van der Waals surface area contributed by atoms with E-state index in [4.69, 9.17) is 9.97 Å². The highest BCUT2D eigenvalue weighted by Gasteiger charge is 2.17. The average molecular weight is 483 g/mol. The van der Waals surface area contributed by atoms with Crippen molar-refractivity contribution >= 4 is 39.7 Å². The van der Waals surface area contributed by atoms with Crippen molar-refractivity contribution in [2.24, 2.45) is 0 Å². The van der Waals surface area contributed by atoms with Gasteiger partial charge in [-0.25, -0.2) is 19.9 Å². The van der Waals surface area contributed by atoms with Crippen molar-refractivity contribution in [1.29, 1.82) is 0 Å². The molecule has 10 heteroatoms. The molecule has 0 bridgehead atoms. The molecular formula is C26H30N10. The predicted octanol–water partition coefficient (Wildman–Crippen LogP) is 4.15. The van der Waals surface area contributed by atoms with Gasteiger partial charge < -0.3 is 24.7 Å². The number of anilines is 3. The van der Waals surface area contributed by atoms with E-state index in [2.05, 4.69) is 66.6 Å². The van der Waals surface area contributed by atoms with Crippen molar-refractivity contribution in [2.45, 2.75) is 26.8 Å². The lowest BCUT2D eigenvalue weighted by Crippen LogP contribution is -2.44. The summed E-state index contributed by atoms with van der Waals surface area (Å²) in [5.41, 5.74) is 5.30. The lowest BCUT2D eigenvalue weighted by molar-refractivity contribution is 0.312. The van der Waals surface area contributed by atoms with Crippen LogP contribution in [-0.4, -0.2) is 72.6 Å². The molecule has 6 rings (SSSR count). The van der Waals surface area contributed by atoms with Crippen LogP contribution in [0.5, 0.6) is 0 Å². The molecule has 0 unspecified atom stereocenters. The van der Waals surface area contributed by atoms with Crippen LogP contribution in [0.15, 0.2) is 42.9 Å². The SMILES string of the molecule is Cc1nc2ccc(-c3c[nH]c4nc(Nc5ccnc(N6CCN(C)CC6)c5)ncc34)nc2n1C(C)C. The predicted molar refractivity (Wildman–Crippen MR) is 143 cm³/mol. The molecule has 184 valence electrons. The van der Waals surface area contributed by atoms with E-state index in [1.807, 2.05) is 43.7 Å². The van der Waals surface area contributed by atoms with E-state index in [0.717, 1.165) is 77.0 Å². The lowest BCUT2D eigenvalue weighted by Gasteiger charge is -2.33. The summed E-state index contributed by atoms with van der Waals surface area (Å²) in [6.45, 7) is 10.3. The Bertz CT molecular complexity index is 1540. The summed E-state index contributed by atoms with van der Waals surface area (Å²) >= 11 is 0. The smallest absolute Gasteiger partial charge is 0.229 e. The highest BCUT2D eigenvalue weighted by molar-refractivity contribution is 5.93. The summed E-state index contributed by atoms with van der Waals surface area (Å²) in [7, 11) is 2.15. The third kappa shape index (κ3) is 4.03. The van der Waals surface area contributed by atoms with Gasteiger partial charge in [0.1, 0.15) is 22.8 Å². The van der Waals surface area contributed by atoms with E-state index in [9.17, 15) is 0 Å². The number of piperazine rings is 1. The molecule has 0 aromatic carbocycles. The van der Waals surface area contributed by atoms with Crippen molar-refractivity contribution < 1.29 is 0 Å². The fourth-order valence-electron chi connectivity index (χ4n) is 4.87. The molecule has 0 aliphatic carbocycles. The molecule has 0 atom stereocenters. The van der Waals surface area contributed by atoms with E-state index >= 15 is 0 Å². The zero-order valence-corrected chi connectivity index (χ0v) is 21.0. The van der Waals surface area contributed by atoms with E-state index < -0.39 is 0 Å². The Labute approximate surface area is 209 Å². The van der Waals surface area contributed by atoms with Gasteiger partial charge in [-0.1, -0.05) is 0 Å². The molecule has 0 saturated carbocycles. The Morgan fingerprint density at radius 1 is 1.00 bits per heavy atom. The van der Waals surface area contributed by atoms with Gasteiger partial charge in [-0.3, -0.25) is 0 Å². The summed E-state index contributed by atoms with van der Waals surface area (Å²) < 4.78 is 2.16. The average Bonchev–Trinajstić information content (AvgIpc) is 3.44. The van der Waals surface area contributed by atoms with Crippen LogP contribution in [0.4, 0.5) is 17.5 Å². The second-order valence-electron chi connectivity index (χ2n) is 9.64. The topological polar surface area (TPSA) is 104 Å². The summed E-state index contributed by atoms with van der Waals surface area (Å²) in [6, 6.07) is 8.30. The van der Waals surface area contributed by atoms with E-state index in [1.165, 1.54) is 0 Å². The summed E-state index contributed by atoms with van der Waals surface area (Å²) in [5.74, 6) is 2.46. The second kappa shape index (κ2) is 8.87. The molecule has 0 amide bonds. The number of nitrogens with zero attached hydrogens (tertiary/aromatic N) is 8. The number of aromatic nitrogens is 7. The van der Waals surface area contributed by atoms with Gasteiger partial charge in [0.25, 0.3) is 0 Å². The number of fused-ring (bicyclic) bond motifs is 2. The van der Waals surface area contributed by atoms with Crippen molar-refractivity contribution in [3.8, 4) is 11.3 Å². The summed E-state index contributed by atoms with van der Waals surface area (Å²) in [5, 5.41) is 4.26. The molecule has 10 nitrogen and oxygen atoms in total.